The minimum absolute atomic E-state index is 0.283. The summed E-state index contributed by atoms with van der Waals surface area (Å²) in [5.41, 5.74) is 0.224. The molecule has 0 spiro atoms. The maximum atomic E-state index is 12.7. The summed E-state index contributed by atoms with van der Waals surface area (Å²) in [5.74, 6) is -0.920. The molecule has 0 radical (unpaired) electrons. The molecule has 2 heterocycles. The number of carboxylic acid groups (broad SMARTS) is 1. The van der Waals surface area contributed by atoms with E-state index in [9.17, 15) is 19.5 Å². The molecule has 2 rings (SSSR count). The van der Waals surface area contributed by atoms with E-state index in [0.29, 0.717) is 23.1 Å². The number of hydrogen-bond acceptors (Lipinski definition) is 5. The molecule has 1 atom stereocenters. The van der Waals surface area contributed by atoms with Crippen LogP contribution in [0.25, 0.3) is 11.0 Å². The Hall–Kier alpha value is -2.09. The summed E-state index contributed by atoms with van der Waals surface area (Å²) in [5, 5.41) is 9.03. The van der Waals surface area contributed by atoms with Crippen LogP contribution >= 0.6 is 11.8 Å². The number of thioether (sulfide) groups is 1. The Morgan fingerprint density at radius 3 is 2.50 bits per heavy atom. The largest absolute Gasteiger partial charge is 0.480 e. The zero-order valence-corrected chi connectivity index (χ0v) is 15.0. The normalized spacial score (nSPS) is 12.5. The van der Waals surface area contributed by atoms with Crippen LogP contribution in [0.15, 0.2) is 20.7 Å². The van der Waals surface area contributed by atoms with E-state index in [2.05, 4.69) is 4.98 Å². The van der Waals surface area contributed by atoms with E-state index in [-0.39, 0.29) is 5.65 Å². The van der Waals surface area contributed by atoms with Crippen molar-refractivity contribution >= 4 is 28.8 Å². The van der Waals surface area contributed by atoms with Gasteiger partial charge in [-0.05, 0) is 18.4 Å². The second-order valence-corrected chi connectivity index (χ2v) is 6.83. The second kappa shape index (κ2) is 7.21. The van der Waals surface area contributed by atoms with Gasteiger partial charge < -0.3 is 5.11 Å². The zero-order chi connectivity index (χ0) is 18.0. The van der Waals surface area contributed by atoms with E-state index >= 15 is 0 Å². The highest BCUT2D eigenvalue weighted by Crippen LogP contribution is 2.33. The molecule has 2 aromatic rings. The molecule has 1 N–H and O–H groups in total. The van der Waals surface area contributed by atoms with Crippen LogP contribution in [-0.2, 0) is 25.3 Å². The van der Waals surface area contributed by atoms with Gasteiger partial charge in [-0.1, -0.05) is 20.3 Å². The zero-order valence-electron chi connectivity index (χ0n) is 14.2. The summed E-state index contributed by atoms with van der Waals surface area (Å²) in [4.78, 5) is 41.1. The minimum atomic E-state index is -0.920. The van der Waals surface area contributed by atoms with Crippen LogP contribution in [0, 0.1) is 0 Å². The molecular formula is C16H21N3O4S. The first-order chi connectivity index (χ1) is 11.3. The van der Waals surface area contributed by atoms with Gasteiger partial charge in [-0.25, -0.2) is 9.78 Å². The highest BCUT2D eigenvalue weighted by molar-refractivity contribution is 8.00. The highest BCUT2D eigenvalue weighted by Gasteiger charge is 2.23. The van der Waals surface area contributed by atoms with E-state index in [1.165, 1.54) is 11.6 Å². The smallest absolute Gasteiger partial charge is 0.332 e. The molecule has 0 amide bonds. The van der Waals surface area contributed by atoms with Crippen LogP contribution in [0.3, 0.4) is 0 Å². The number of aliphatic carboxylic acids is 1. The molecule has 0 aliphatic rings. The predicted octanol–water partition coefficient (Wildman–Crippen LogP) is 1.54. The molecule has 7 nitrogen and oxygen atoms in total. The average Bonchev–Trinajstić information content (AvgIpc) is 2.56. The second-order valence-electron chi connectivity index (χ2n) is 5.62. The number of carbonyl (C=O) groups is 1. The Bertz CT molecular complexity index is 901. The number of nitrogens with zero attached hydrogens (tertiary/aromatic N) is 3. The Morgan fingerprint density at radius 1 is 1.29 bits per heavy atom. The van der Waals surface area contributed by atoms with Crippen LogP contribution in [0.2, 0.25) is 0 Å². The lowest BCUT2D eigenvalue weighted by molar-refractivity contribution is -0.136. The van der Waals surface area contributed by atoms with Gasteiger partial charge in [0.15, 0.2) is 0 Å². The van der Waals surface area contributed by atoms with Crippen molar-refractivity contribution in [1.82, 2.24) is 14.1 Å². The fourth-order valence-corrected chi connectivity index (χ4v) is 3.73. The third kappa shape index (κ3) is 3.10. The van der Waals surface area contributed by atoms with Gasteiger partial charge in [0.2, 0.25) is 0 Å². The molecule has 0 aliphatic heterocycles. The van der Waals surface area contributed by atoms with E-state index in [0.717, 1.165) is 28.3 Å². The quantitative estimate of drug-likeness (QED) is 0.794. The molecule has 0 saturated carbocycles. The van der Waals surface area contributed by atoms with Gasteiger partial charge in [0.05, 0.1) is 5.39 Å². The van der Waals surface area contributed by atoms with Gasteiger partial charge in [-0.3, -0.25) is 18.7 Å². The average molecular weight is 351 g/mol. The van der Waals surface area contributed by atoms with Gasteiger partial charge in [-0.15, -0.1) is 11.8 Å². The Morgan fingerprint density at radius 2 is 1.96 bits per heavy atom. The molecule has 0 aliphatic carbocycles. The molecule has 0 unspecified atom stereocenters. The summed E-state index contributed by atoms with van der Waals surface area (Å²) < 4.78 is 2.35. The molecule has 24 heavy (non-hydrogen) atoms. The van der Waals surface area contributed by atoms with E-state index in [4.69, 9.17) is 0 Å². The number of aryl methyl sites for hydroxylation is 2. The first kappa shape index (κ1) is 18.3. The van der Waals surface area contributed by atoms with Crippen molar-refractivity contribution in [2.24, 2.45) is 14.1 Å². The summed E-state index contributed by atoms with van der Waals surface area (Å²) in [6.45, 7) is 3.80. The fourth-order valence-electron chi connectivity index (χ4n) is 2.57. The van der Waals surface area contributed by atoms with E-state index in [1.54, 1.807) is 20.2 Å². The summed E-state index contributed by atoms with van der Waals surface area (Å²) >= 11 is 1.16. The fraction of sp³-hybridized carbons (Fsp3) is 0.500. The van der Waals surface area contributed by atoms with Gasteiger partial charge in [0.1, 0.15) is 10.9 Å². The van der Waals surface area contributed by atoms with Crippen molar-refractivity contribution in [2.45, 2.75) is 43.3 Å². The van der Waals surface area contributed by atoms with Crippen molar-refractivity contribution in [3.8, 4) is 0 Å². The molecule has 0 fully saturated rings. The third-order valence-electron chi connectivity index (χ3n) is 3.92. The molecule has 0 bridgehead atoms. The number of hydrogen-bond donors (Lipinski definition) is 1. The minimum Gasteiger partial charge on any atom is -0.480 e. The lowest BCUT2D eigenvalue weighted by Crippen LogP contribution is -2.37. The number of aromatic nitrogens is 3. The van der Waals surface area contributed by atoms with Crippen molar-refractivity contribution < 1.29 is 9.90 Å². The topological polar surface area (TPSA) is 94.2 Å². The Kier molecular flexibility index (Phi) is 5.48. The number of fused-ring (bicyclic) bond motifs is 1. The van der Waals surface area contributed by atoms with Crippen molar-refractivity contribution in [3.63, 3.8) is 0 Å². The van der Waals surface area contributed by atoms with Crippen molar-refractivity contribution in [2.75, 3.05) is 0 Å². The summed E-state index contributed by atoms with van der Waals surface area (Å²) in [6, 6.07) is 0. The van der Waals surface area contributed by atoms with Gasteiger partial charge >= 0.3 is 11.7 Å². The molecule has 130 valence electrons. The third-order valence-corrected chi connectivity index (χ3v) is 5.44. The van der Waals surface area contributed by atoms with Crippen LogP contribution < -0.4 is 11.2 Å². The lowest BCUT2D eigenvalue weighted by Gasteiger charge is -2.16. The van der Waals surface area contributed by atoms with Crippen LogP contribution in [-0.4, -0.2) is 30.4 Å². The Balaban J connectivity index is 2.86. The summed E-state index contributed by atoms with van der Waals surface area (Å²) in [7, 11) is 2.97. The van der Waals surface area contributed by atoms with Gasteiger partial charge in [-0.2, -0.15) is 0 Å². The van der Waals surface area contributed by atoms with Crippen molar-refractivity contribution in [3.05, 3.63) is 32.6 Å². The highest BCUT2D eigenvalue weighted by atomic mass is 32.2. The molecular weight excluding hydrogens is 330 g/mol. The van der Waals surface area contributed by atoms with Crippen LogP contribution in [0.4, 0.5) is 0 Å². The molecule has 0 saturated heterocycles. The first-order valence-corrected chi connectivity index (χ1v) is 8.68. The molecule has 0 aromatic carbocycles. The molecule has 2 aromatic heterocycles. The van der Waals surface area contributed by atoms with Gasteiger partial charge in [0, 0.05) is 25.2 Å². The predicted molar refractivity (Wildman–Crippen MR) is 93.8 cm³/mol. The number of pyridine rings is 1. The number of rotatable bonds is 6. The van der Waals surface area contributed by atoms with Crippen LogP contribution in [0.5, 0.6) is 0 Å². The van der Waals surface area contributed by atoms with E-state index in [1.807, 2.05) is 6.92 Å². The lowest BCUT2D eigenvalue weighted by atomic mass is 10.1. The first-order valence-electron chi connectivity index (χ1n) is 7.80. The molecule has 8 heteroatoms. The maximum Gasteiger partial charge on any atom is 0.332 e. The number of carboxylic acids is 1. The standard InChI is InChI=1S/C16H21N3O4S/c1-5-7-9-8-17-13-11(12(9)24-10(6-2)15(21)22)14(20)19(4)16(23)18(13)3/h8,10H,5-7H2,1-4H3,(H,21,22)/t10-/m1/s1. The maximum absolute atomic E-state index is 12.7. The Labute approximate surface area is 143 Å². The van der Waals surface area contributed by atoms with E-state index < -0.39 is 22.5 Å². The van der Waals surface area contributed by atoms with Gasteiger partial charge in [0.25, 0.3) is 5.56 Å². The van der Waals surface area contributed by atoms with Crippen molar-refractivity contribution in [1.29, 1.82) is 0 Å². The SMILES string of the molecule is CCCc1cnc2c(c1S[C@H](CC)C(=O)O)c(=O)n(C)c(=O)n2C. The van der Waals surface area contributed by atoms with Crippen LogP contribution in [0.1, 0.15) is 32.3 Å². The summed E-state index contributed by atoms with van der Waals surface area (Å²) in [6.07, 6.45) is 3.60. The monoisotopic (exact) mass is 351 g/mol.